The van der Waals surface area contributed by atoms with Gasteiger partial charge in [0.15, 0.2) is 12.4 Å². The lowest BCUT2D eigenvalue weighted by Gasteiger charge is -2.09. The van der Waals surface area contributed by atoms with Crippen LogP contribution in [0.15, 0.2) is 53.1 Å². The number of ether oxygens (including phenoxy) is 3. The van der Waals surface area contributed by atoms with Gasteiger partial charge in [-0.25, -0.2) is 4.79 Å². The number of esters is 1. The summed E-state index contributed by atoms with van der Waals surface area (Å²) in [5.41, 5.74) is 1.79. The molecule has 1 aromatic heterocycles. The van der Waals surface area contributed by atoms with Crippen LogP contribution in [0.1, 0.15) is 16.1 Å². The summed E-state index contributed by atoms with van der Waals surface area (Å²) in [6.07, 6.45) is 0. The van der Waals surface area contributed by atoms with E-state index in [2.05, 4.69) is 5.16 Å². The maximum atomic E-state index is 12.3. The van der Waals surface area contributed by atoms with E-state index >= 15 is 0 Å². The third kappa shape index (κ3) is 3.97. The standard InChI is InChI=1S/C19H16ClNO5/c1-23-14-7-8-16(18(10-14)24-2)19(22)25-11-15-9-17(21-26-15)12-3-5-13(20)6-4-12/h3-10H,11H2,1-2H3. The Morgan fingerprint density at radius 1 is 1.08 bits per heavy atom. The van der Waals surface area contributed by atoms with Crippen LogP contribution in [0.3, 0.4) is 0 Å². The molecule has 0 aliphatic heterocycles. The van der Waals surface area contributed by atoms with Gasteiger partial charge in [-0.1, -0.05) is 28.9 Å². The van der Waals surface area contributed by atoms with Crippen molar-refractivity contribution in [2.75, 3.05) is 14.2 Å². The van der Waals surface area contributed by atoms with Crippen molar-refractivity contribution in [1.29, 1.82) is 0 Å². The van der Waals surface area contributed by atoms with Crippen LogP contribution in [0.5, 0.6) is 11.5 Å². The summed E-state index contributed by atoms with van der Waals surface area (Å²) in [5, 5.41) is 4.61. The largest absolute Gasteiger partial charge is 0.497 e. The molecule has 7 heteroatoms. The lowest BCUT2D eigenvalue weighted by molar-refractivity contribution is 0.0434. The average molecular weight is 374 g/mol. The highest BCUT2D eigenvalue weighted by Crippen LogP contribution is 2.26. The summed E-state index contributed by atoms with van der Waals surface area (Å²) >= 11 is 5.87. The van der Waals surface area contributed by atoms with Crippen LogP contribution >= 0.6 is 11.6 Å². The summed E-state index contributed by atoms with van der Waals surface area (Å²) in [6, 6.07) is 13.8. The van der Waals surface area contributed by atoms with Crippen LogP contribution in [0.2, 0.25) is 5.02 Å². The van der Waals surface area contributed by atoms with Gasteiger partial charge >= 0.3 is 5.97 Å². The fourth-order valence-corrected chi connectivity index (χ4v) is 2.45. The Bertz CT molecular complexity index is 905. The highest BCUT2D eigenvalue weighted by atomic mass is 35.5. The Hall–Kier alpha value is -2.99. The maximum Gasteiger partial charge on any atom is 0.342 e. The van der Waals surface area contributed by atoms with E-state index in [1.807, 2.05) is 12.1 Å². The van der Waals surface area contributed by atoms with Crippen molar-refractivity contribution in [1.82, 2.24) is 5.16 Å². The molecule has 0 spiro atoms. The number of carbonyl (C=O) groups is 1. The van der Waals surface area contributed by atoms with Gasteiger partial charge in [0.05, 0.1) is 14.2 Å². The van der Waals surface area contributed by atoms with E-state index in [1.54, 1.807) is 36.4 Å². The molecule has 2 aromatic carbocycles. The highest BCUT2D eigenvalue weighted by molar-refractivity contribution is 6.30. The van der Waals surface area contributed by atoms with Gasteiger partial charge in [0.1, 0.15) is 22.8 Å². The van der Waals surface area contributed by atoms with E-state index in [0.29, 0.717) is 33.5 Å². The van der Waals surface area contributed by atoms with Crippen LogP contribution in [0.25, 0.3) is 11.3 Å². The molecular formula is C19H16ClNO5. The molecule has 0 fully saturated rings. The quantitative estimate of drug-likeness (QED) is 0.597. The predicted molar refractivity (Wildman–Crippen MR) is 95.6 cm³/mol. The molecule has 0 aliphatic carbocycles. The van der Waals surface area contributed by atoms with Crippen molar-refractivity contribution in [3.05, 3.63) is 64.9 Å². The van der Waals surface area contributed by atoms with Gasteiger partial charge < -0.3 is 18.7 Å². The van der Waals surface area contributed by atoms with E-state index in [9.17, 15) is 4.79 Å². The molecular weight excluding hydrogens is 358 g/mol. The first-order chi connectivity index (χ1) is 12.6. The normalized spacial score (nSPS) is 10.4. The Balaban J connectivity index is 1.68. The number of hydrogen-bond acceptors (Lipinski definition) is 6. The van der Waals surface area contributed by atoms with Crippen LogP contribution < -0.4 is 9.47 Å². The molecule has 0 N–H and O–H groups in total. The van der Waals surface area contributed by atoms with Gasteiger partial charge in [0.25, 0.3) is 0 Å². The van der Waals surface area contributed by atoms with Gasteiger partial charge in [-0.15, -0.1) is 0 Å². The van der Waals surface area contributed by atoms with Crippen molar-refractivity contribution in [2.24, 2.45) is 0 Å². The Labute approximate surface area is 155 Å². The van der Waals surface area contributed by atoms with E-state index in [4.69, 9.17) is 30.3 Å². The molecule has 3 aromatic rings. The fourth-order valence-electron chi connectivity index (χ4n) is 2.32. The van der Waals surface area contributed by atoms with Gasteiger partial charge in [0, 0.05) is 22.7 Å². The number of carbonyl (C=O) groups excluding carboxylic acids is 1. The van der Waals surface area contributed by atoms with Gasteiger partial charge in [-0.3, -0.25) is 0 Å². The molecule has 0 aliphatic rings. The van der Waals surface area contributed by atoms with Crippen LogP contribution in [-0.4, -0.2) is 25.3 Å². The van der Waals surface area contributed by atoms with E-state index in [0.717, 1.165) is 5.56 Å². The number of aromatic nitrogens is 1. The predicted octanol–water partition coefficient (Wildman–Crippen LogP) is 4.37. The lowest BCUT2D eigenvalue weighted by Crippen LogP contribution is -2.07. The second kappa shape index (κ2) is 7.93. The fraction of sp³-hybridized carbons (Fsp3) is 0.158. The van der Waals surface area contributed by atoms with E-state index in [1.165, 1.54) is 14.2 Å². The van der Waals surface area contributed by atoms with Crippen molar-refractivity contribution >= 4 is 17.6 Å². The number of nitrogens with zero attached hydrogens (tertiary/aromatic N) is 1. The highest BCUT2D eigenvalue weighted by Gasteiger charge is 2.16. The third-order valence-corrected chi connectivity index (χ3v) is 3.93. The van der Waals surface area contributed by atoms with E-state index < -0.39 is 5.97 Å². The number of halogens is 1. The first-order valence-corrected chi connectivity index (χ1v) is 8.09. The summed E-state index contributed by atoms with van der Waals surface area (Å²) in [7, 11) is 3.01. The van der Waals surface area contributed by atoms with Crippen molar-refractivity contribution < 1.29 is 23.5 Å². The molecule has 26 heavy (non-hydrogen) atoms. The number of rotatable bonds is 6. The molecule has 0 saturated heterocycles. The Morgan fingerprint density at radius 2 is 1.85 bits per heavy atom. The molecule has 0 saturated carbocycles. The molecule has 0 radical (unpaired) electrons. The van der Waals surface area contributed by atoms with Gasteiger partial charge in [0.2, 0.25) is 0 Å². The zero-order valence-corrected chi connectivity index (χ0v) is 14.9. The minimum atomic E-state index is -0.533. The van der Waals surface area contributed by atoms with Gasteiger partial charge in [-0.05, 0) is 24.3 Å². The molecule has 134 valence electrons. The molecule has 0 atom stereocenters. The summed E-state index contributed by atoms with van der Waals surface area (Å²) in [4.78, 5) is 12.3. The van der Waals surface area contributed by atoms with Crippen LogP contribution in [0.4, 0.5) is 0 Å². The minimum absolute atomic E-state index is 0.0470. The smallest absolute Gasteiger partial charge is 0.342 e. The number of benzene rings is 2. The third-order valence-electron chi connectivity index (χ3n) is 3.67. The molecule has 3 rings (SSSR count). The average Bonchev–Trinajstić information content (AvgIpc) is 3.15. The van der Waals surface area contributed by atoms with Crippen LogP contribution in [0, 0.1) is 0 Å². The summed E-state index contributed by atoms with van der Waals surface area (Å²) in [6.45, 7) is -0.0470. The van der Waals surface area contributed by atoms with Crippen molar-refractivity contribution in [3.8, 4) is 22.8 Å². The molecule has 0 bridgehead atoms. The maximum absolute atomic E-state index is 12.3. The Morgan fingerprint density at radius 3 is 2.54 bits per heavy atom. The van der Waals surface area contributed by atoms with E-state index in [-0.39, 0.29) is 6.61 Å². The molecule has 0 amide bonds. The van der Waals surface area contributed by atoms with Crippen molar-refractivity contribution in [3.63, 3.8) is 0 Å². The zero-order valence-electron chi connectivity index (χ0n) is 14.2. The summed E-state index contributed by atoms with van der Waals surface area (Å²) < 4.78 is 20.8. The number of methoxy groups -OCH3 is 2. The second-order valence-electron chi connectivity index (χ2n) is 5.33. The minimum Gasteiger partial charge on any atom is -0.497 e. The monoisotopic (exact) mass is 373 g/mol. The van der Waals surface area contributed by atoms with Crippen molar-refractivity contribution in [2.45, 2.75) is 6.61 Å². The second-order valence-corrected chi connectivity index (χ2v) is 5.76. The Kier molecular flexibility index (Phi) is 5.43. The van der Waals surface area contributed by atoms with Gasteiger partial charge in [-0.2, -0.15) is 0 Å². The SMILES string of the molecule is COc1ccc(C(=O)OCc2cc(-c3ccc(Cl)cc3)no2)c(OC)c1. The first kappa shape index (κ1) is 17.8. The lowest BCUT2D eigenvalue weighted by atomic mass is 10.1. The molecule has 0 unspecified atom stereocenters. The van der Waals surface area contributed by atoms with Crippen LogP contribution in [-0.2, 0) is 11.3 Å². The molecule has 1 heterocycles. The summed E-state index contributed by atoms with van der Waals surface area (Å²) in [5.74, 6) is 0.847. The first-order valence-electron chi connectivity index (χ1n) is 7.71. The topological polar surface area (TPSA) is 70.8 Å². The molecule has 6 nitrogen and oxygen atoms in total. The zero-order chi connectivity index (χ0) is 18.5. The number of hydrogen-bond donors (Lipinski definition) is 0.